The number of aryl methyl sites for hydroxylation is 4. The third kappa shape index (κ3) is 4.77. The van der Waals surface area contributed by atoms with Crippen LogP contribution in [0.15, 0.2) is 128 Å². The van der Waals surface area contributed by atoms with E-state index in [1.54, 1.807) is 0 Å². The number of hydrogen-bond acceptors (Lipinski definition) is 3. The molecule has 48 heavy (non-hydrogen) atoms. The molecule has 0 saturated carbocycles. The van der Waals surface area contributed by atoms with E-state index in [4.69, 9.17) is 5.10 Å². The first-order chi connectivity index (χ1) is 23.2. The van der Waals surface area contributed by atoms with Crippen LogP contribution in [0.3, 0.4) is 0 Å². The number of fused-ring (bicyclic) bond motifs is 2. The number of hydrogen-bond donors (Lipinski definition) is 0. The molecule has 3 heterocycles. The van der Waals surface area contributed by atoms with Gasteiger partial charge in [-0.3, -0.25) is 0 Å². The SMILES string of the molecule is Cc1cc(C)c(-c2nn(-c3ccc4c(c3)N(c3cccc(-c5nccn5C)c3)c3ccccc3C4(C)C)cc2-c2ccccc2)c(C)c1. The summed E-state index contributed by atoms with van der Waals surface area (Å²) in [5.74, 6) is 0.940. The standard InChI is InChI=1S/C43H39N5/c1-28-23-29(2)40(30(3)24-28)41-35(31-13-8-7-9-14-31)27-47(45-41)33-19-20-37-39(26-33)48(38-18-11-10-17-36(38)43(37,4)5)34-16-12-15-32(25-34)42-44-21-22-46(42)6/h7-27H,1-6H3. The van der Waals surface area contributed by atoms with Crippen LogP contribution in [0, 0.1) is 20.8 Å². The Labute approximate surface area is 282 Å². The summed E-state index contributed by atoms with van der Waals surface area (Å²) < 4.78 is 4.13. The van der Waals surface area contributed by atoms with Crippen molar-refractivity contribution >= 4 is 17.1 Å². The average molecular weight is 626 g/mol. The zero-order chi connectivity index (χ0) is 33.2. The van der Waals surface area contributed by atoms with Crippen molar-refractivity contribution in [1.29, 1.82) is 0 Å². The summed E-state index contributed by atoms with van der Waals surface area (Å²) in [4.78, 5) is 7.05. The monoisotopic (exact) mass is 625 g/mol. The largest absolute Gasteiger partial charge is 0.334 e. The third-order valence-corrected chi connectivity index (χ3v) is 9.88. The first-order valence-electron chi connectivity index (χ1n) is 16.6. The summed E-state index contributed by atoms with van der Waals surface area (Å²) in [5.41, 5.74) is 16.1. The molecule has 0 N–H and O–H groups in total. The van der Waals surface area contributed by atoms with Crippen LogP contribution < -0.4 is 4.90 Å². The van der Waals surface area contributed by atoms with Gasteiger partial charge in [0.2, 0.25) is 0 Å². The number of rotatable bonds is 5. The van der Waals surface area contributed by atoms with Crippen molar-refractivity contribution < 1.29 is 0 Å². The number of anilines is 3. The minimum atomic E-state index is -0.196. The highest BCUT2D eigenvalue weighted by atomic mass is 15.3. The smallest absolute Gasteiger partial charge is 0.139 e. The van der Waals surface area contributed by atoms with Crippen LogP contribution in [0.4, 0.5) is 17.1 Å². The van der Waals surface area contributed by atoms with Gasteiger partial charge in [0.1, 0.15) is 11.5 Å². The Morgan fingerprint density at radius 1 is 0.646 bits per heavy atom. The lowest BCUT2D eigenvalue weighted by atomic mass is 9.73. The molecule has 0 fully saturated rings. The van der Waals surface area contributed by atoms with E-state index in [1.165, 1.54) is 39.1 Å². The van der Waals surface area contributed by atoms with Gasteiger partial charge in [-0.1, -0.05) is 98.3 Å². The van der Waals surface area contributed by atoms with Gasteiger partial charge in [0.15, 0.2) is 0 Å². The molecule has 2 aromatic heterocycles. The Morgan fingerprint density at radius 3 is 2.10 bits per heavy atom. The topological polar surface area (TPSA) is 38.9 Å². The minimum Gasteiger partial charge on any atom is -0.334 e. The zero-order valence-electron chi connectivity index (χ0n) is 28.4. The Kier molecular flexibility index (Phi) is 6.95. The van der Waals surface area contributed by atoms with Crippen LogP contribution in [-0.2, 0) is 12.5 Å². The van der Waals surface area contributed by atoms with E-state index >= 15 is 0 Å². The maximum atomic E-state index is 5.35. The lowest BCUT2D eigenvalue weighted by molar-refractivity contribution is 0.631. The van der Waals surface area contributed by atoms with E-state index in [0.717, 1.165) is 45.3 Å². The van der Waals surface area contributed by atoms with Crippen molar-refractivity contribution in [2.75, 3.05) is 4.90 Å². The molecule has 236 valence electrons. The summed E-state index contributed by atoms with van der Waals surface area (Å²) in [6, 6.07) is 39.4. The normalized spacial score (nSPS) is 13.3. The fourth-order valence-corrected chi connectivity index (χ4v) is 7.63. The van der Waals surface area contributed by atoms with Crippen molar-refractivity contribution in [3.05, 3.63) is 156 Å². The molecule has 0 spiro atoms. The average Bonchev–Trinajstić information content (AvgIpc) is 3.72. The molecule has 0 bridgehead atoms. The number of imidazole rings is 1. The second kappa shape index (κ2) is 11.2. The van der Waals surface area contributed by atoms with E-state index in [-0.39, 0.29) is 5.41 Å². The van der Waals surface area contributed by atoms with Crippen molar-refractivity contribution in [2.24, 2.45) is 7.05 Å². The van der Waals surface area contributed by atoms with Gasteiger partial charge in [-0.25, -0.2) is 9.67 Å². The molecule has 0 aliphatic carbocycles. The summed E-state index contributed by atoms with van der Waals surface area (Å²) in [5, 5.41) is 5.35. The molecule has 1 aliphatic rings. The van der Waals surface area contributed by atoms with Crippen LogP contribution in [0.1, 0.15) is 41.7 Å². The van der Waals surface area contributed by atoms with E-state index in [2.05, 4.69) is 169 Å². The van der Waals surface area contributed by atoms with Crippen molar-refractivity contribution in [2.45, 2.75) is 40.0 Å². The van der Waals surface area contributed by atoms with Crippen LogP contribution in [-0.4, -0.2) is 19.3 Å². The lowest BCUT2D eigenvalue weighted by Gasteiger charge is -2.42. The van der Waals surface area contributed by atoms with Gasteiger partial charge < -0.3 is 9.47 Å². The van der Waals surface area contributed by atoms with Crippen LogP contribution in [0.2, 0.25) is 0 Å². The summed E-state index contributed by atoms with van der Waals surface area (Å²) in [7, 11) is 2.04. The van der Waals surface area contributed by atoms with E-state index in [0.29, 0.717) is 0 Å². The molecule has 0 radical (unpaired) electrons. The molecule has 5 heteroatoms. The highest BCUT2D eigenvalue weighted by Gasteiger charge is 2.37. The van der Waals surface area contributed by atoms with Gasteiger partial charge >= 0.3 is 0 Å². The third-order valence-electron chi connectivity index (χ3n) is 9.88. The zero-order valence-corrected chi connectivity index (χ0v) is 28.4. The number of para-hydroxylation sites is 1. The maximum absolute atomic E-state index is 5.35. The predicted octanol–water partition coefficient (Wildman–Crippen LogP) is 10.6. The predicted molar refractivity (Wildman–Crippen MR) is 198 cm³/mol. The molecule has 7 aromatic rings. The van der Waals surface area contributed by atoms with Crippen molar-refractivity contribution in [3.63, 3.8) is 0 Å². The summed E-state index contributed by atoms with van der Waals surface area (Å²) >= 11 is 0. The Hall–Kier alpha value is -5.68. The molecule has 1 aliphatic heterocycles. The van der Waals surface area contributed by atoms with Gasteiger partial charge in [0.05, 0.1) is 17.1 Å². The van der Waals surface area contributed by atoms with Crippen LogP contribution in [0.25, 0.3) is 39.5 Å². The highest BCUT2D eigenvalue weighted by molar-refractivity contribution is 5.88. The number of nitrogens with zero attached hydrogens (tertiary/aromatic N) is 5. The highest BCUT2D eigenvalue weighted by Crippen LogP contribution is 2.52. The first-order valence-corrected chi connectivity index (χ1v) is 16.6. The Bertz CT molecular complexity index is 2300. The fourth-order valence-electron chi connectivity index (χ4n) is 7.63. The van der Waals surface area contributed by atoms with Gasteiger partial charge in [-0.05, 0) is 78.9 Å². The fraction of sp³-hybridized carbons (Fsp3) is 0.163. The van der Waals surface area contributed by atoms with Gasteiger partial charge in [0, 0.05) is 53.4 Å². The maximum Gasteiger partial charge on any atom is 0.139 e. The minimum absolute atomic E-state index is 0.196. The summed E-state index contributed by atoms with van der Waals surface area (Å²) in [6.45, 7) is 11.2. The van der Waals surface area contributed by atoms with Gasteiger partial charge in [-0.15, -0.1) is 0 Å². The van der Waals surface area contributed by atoms with Crippen molar-refractivity contribution in [1.82, 2.24) is 19.3 Å². The molecule has 5 aromatic carbocycles. The number of benzene rings is 5. The van der Waals surface area contributed by atoms with E-state index in [1.807, 2.05) is 19.4 Å². The molecule has 0 saturated heterocycles. The second-order valence-electron chi connectivity index (χ2n) is 13.6. The quantitative estimate of drug-likeness (QED) is 0.191. The molecule has 0 amide bonds. The molecule has 5 nitrogen and oxygen atoms in total. The second-order valence-corrected chi connectivity index (χ2v) is 13.6. The van der Waals surface area contributed by atoms with Gasteiger partial charge in [-0.2, -0.15) is 5.10 Å². The molecule has 8 rings (SSSR count). The van der Waals surface area contributed by atoms with E-state index in [9.17, 15) is 0 Å². The molecular formula is C43H39N5. The van der Waals surface area contributed by atoms with Crippen molar-refractivity contribution in [3.8, 4) is 39.5 Å². The molecule has 0 atom stereocenters. The number of aromatic nitrogens is 4. The molecular weight excluding hydrogens is 587 g/mol. The van der Waals surface area contributed by atoms with Crippen LogP contribution >= 0.6 is 0 Å². The Morgan fingerprint density at radius 2 is 1.35 bits per heavy atom. The van der Waals surface area contributed by atoms with Crippen LogP contribution in [0.5, 0.6) is 0 Å². The van der Waals surface area contributed by atoms with Gasteiger partial charge in [0.25, 0.3) is 0 Å². The first kappa shape index (κ1) is 29.7. The van der Waals surface area contributed by atoms with E-state index < -0.39 is 0 Å². The Balaban J connectivity index is 1.34. The lowest BCUT2D eigenvalue weighted by Crippen LogP contribution is -2.30. The molecule has 0 unspecified atom stereocenters. The summed E-state index contributed by atoms with van der Waals surface area (Å²) in [6.07, 6.45) is 6.03.